The molecule has 1 aromatic rings. The van der Waals surface area contributed by atoms with Crippen LogP contribution in [0.5, 0.6) is 5.75 Å². The monoisotopic (exact) mass is 234 g/mol. The van der Waals surface area contributed by atoms with E-state index in [-0.39, 0.29) is 28.0 Å². The van der Waals surface area contributed by atoms with Gasteiger partial charge in [0.15, 0.2) is 0 Å². The molecule has 76 valence electrons. The van der Waals surface area contributed by atoms with Crippen molar-refractivity contribution in [2.24, 2.45) is 0 Å². The second-order valence-electron chi connectivity index (χ2n) is 2.51. The Kier molecular flexibility index (Phi) is 3.61. The Morgan fingerprint density at radius 1 is 1.50 bits per heavy atom. The fraction of sp³-hybridized carbons (Fsp3) is 0.222. The lowest BCUT2D eigenvalue weighted by molar-refractivity contribution is 0.0526. The number of aromatic hydroxyl groups is 1. The number of carbonyl (C=O) groups excluding carboxylic acids is 1. The fourth-order valence-corrected chi connectivity index (χ4v) is 1.23. The van der Waals surface area contributed by atoms with E-state index in [0.717, 1.165) is 0 Å². The molecule has 0 atom stereocenters. The quantitative estimate of drug-likeness (QED) is 0.801. The highest BCUT2D eigenvalue weighted by Gasteiger charge is 2.12. The van der Waals surface area contributed by atoms with Gasteiger partial charge in [-0.1, -0.05) is 23.2 Å². The van der Waals surface area contributed by atoms with Gasteiger partial charge in [0, 0.05) is 0 Å². The predicted octanol–water partition coefficient (Wildman–Crippen LogP) is 2.88. The molecule has 5 heteroatoms. The summed E-state index contributed by atoms with van der Waals surface area (Å²) in [6.07, 6.45) is 0. The third-order valence-electron chi connectivity index (χ3n) is 1.52. The fourth-order valence-electron chi connectivity index (χ4n) is 0.907. The van der Waals surface area contributed by atoms with Crippen LogP contribution in [0, 0.1) is 0 Å². The molecular formula is C9H8Cl2O3. The normalized spacial score (nSPS) is 9.93. The predicted molar refractivity (Wildman–Crippen MR) is 54.1 cm³/mol. The van der Waals surface area contributed by atoms with Gasteiger partial charge in [0.2, 0.25) is 0 Å². The van der Waals surface area contributed by atoms with Gasteiger partial charge in [-0.3, -0.25) is 0 Å². The number of esters is 1. The Morgan fingerprint density at radius 2 is 2.14 bits per heavy atom. The summed E-state index contributed by atoms with van der Waals surface area (Å²) in [6.45, 7) is 1.95. The zero-order chi connectivity index (χ0) is 10.7. The number of phenols is 1. The standard InChI is InChI=1S/C9H8Cl2O3/c1-2-14-9(13)5-3-6(10)8(11)7(12)4-5/h3-4,12H,2H2,1H3. The highest BCUT2D eigenvalue weighted by atomic mass is 35.5. The summed E-state index contributed by atoms with van der Waals surface area (Å²) >= 11 is 11.3. The Balaban J connectivity index is 3.06. The number of carbonyl (C=O) groups is 1. The Hall–Kier alpha value is -0.930. The molecule has 0 radical (unpaired) electrons. The van der Waals surface area contributed by atoms with Crippen molar-refractivity contribution >= 4 is 29.2 Å². The summed E-state index contributed by atoms with van der Waals surface area (Å²) < 4.78 is 4.73. The van der Waals surface area contributed by atoms with Gasteiger partial charge in [-0.25, -0.2) is 4.79 Å². The molecule has 0 saturated heterocycles. The second kappa shape index (κ2) is 4.53. The van der Waals surface area contributed by atoms with Gasteiger partial charge in [-0.15, -0.1) is 0 Å². The first-order valence-electron chi connectivity index (χ1n) is 3.91. The van der Waals surface area contributed by atoms with E-state index in [0.29, 0.717) is 0 Å². The van der Waals surface area contributed by atoms with Crippen molar-refractivity contribution < 1.29 is 14.6 Å². The molecule has 3 nitrogen and oxygen atoms in total. The third kappa shape index (κ3) is 2.30. The van der Waals surface area contributed by atoms with Crippen molar-refractivity contribution in [1.29, 1.82) is 0 Å². The summed E-state index contributed by atoms with van der Waals surface area (Å²) in [5, 5.41) is 9.42. The molecule has 1 N–H and O–H groups in total. The lowest BCUT2D eigenvalue weighted by Crippen LogP contribution is -2.04. The van der Waals surface area contributed by atoms with Crippen LogP contribution in [0.15, 0.2) is 12.1 Å². The Labute approximate surface area is 91.2 Å². The van der Waals surface area contributed by atoms with E-state index in [2.05, 4.69) is 0 Å². The minimum atomic E-state index is -0.540. The largest absolute Gasteiger partial charge is 0.506 e. The van der Waals surface area contributed by atoms with Gasteiger partial charge in [0.1, 0.15) is 10.8 Å². The van der Waals surface area contributed by atoms with Crippen molar-refractivity contribution in [3.05, 3.63) is 27.7 Å². The molecule has 0 spiro atoms. The van der Waals surface area contributed by atoms with E-state index in [1.807, 2.05) is 0 Å². The van der Waals surface area contributed by atoms with Gasteiger partial charge in [0.25, 0.3) is 0 Å². The minimum absolute atomic E-state index is 0.0275. The summed E-state index contributed by atoms with van der Waals surface area (Å²) in [5.74, 6) is -0.774. The van der Waals surface area contributed by atoms with Crippen LogP contribution in [-0.4, -0.2) is 17.7 Å². The summed E-state index contributed by atoms with van der Waals surface area (Å²) in [4.78, 5) is 11.2. The molecule has 14 heavy (non-hydrogen) atoms. The van der Waals surface area contributed by atoms with Crippen LogP contribution in [0.1, 0.15) is 17.3 Å². The van der Waals surface area contributed by atoms with Crippen LogP contribution in [0.25, 0.3) is 0 Å². The zero-order valence-corrected chi connectivity index (χ0v) is 8.89. The van der Waals surface area contributed by atoms with E-state index in [9.17, 15) is 9.90 Å². The van der Waals surface area contributed by atoms with Gasteiger partial charge in [0.05, 0.1) is 17.2 Å². The number of phenolic OH excluding ortho intramolecular Hbond substituents is 1. The maximum absolute atomic E-state index is 11.2. The molecule has 0 aliphatic carbocycles. The molecular weight excluding hydrogens is 227 g/mol. The SMILES string of the molecule is CCOC(=O)c1cc(O)c(Cl)c(Cl)c1. The number of rotatable bonds is 2. The summed E-state index contributed by atoms with van der Waals surface area (Å²) in [5.41, 5.74) is 0.179. The van der Waals surface area contributed by atoms with E-state index >= 15 is 0 Å². The van der Waals surface area contributed by atoms with Gasteiger partial charge in [-0.05, 0) is 19.1 Å². The highest BCUT2D eigenvalue weighted by Crippen LogP contribution is 2.32. The molecule has 0 aliphatic heterocycles. The van der Waals surface area contributed by atoms with E-state index in [1.165, 1.54) is 12.1 Å². The van der Waals surface area contributed by atoms with Crippen molar-refractivity contribution in [2.45, 2.75) is 6.92 Å². The molecule has 0 heterocycles. The molecule has 0 unspecified atom stereocenters. The number of hydrogen-bond acceptors (Lipinski definition) is 3. The molecule has 0 amide bonds. The topological polar surface area (TPSA) is 46.5 Å². The summed E-state index contributed by atoms with van der Waals surface area (Å²) in [7, 11) is 0. The molecule has 0 aromatic heterocycles. The van der Waals surface area contributed by atoms with Gasteiger partial charge in [-0.2, -0.15) is 0 Å². The van der Waals surface area contributed by atoms with Crippen LogP contribution in [0.4, 0.5) is 0 Å². The minimum Gasteiger partial charge on any atom is -0.506 e. The molecule has 0 fully saturated rings. The molecule has 0 saturated carbocycles. The van der Waals surface area contributed by atoms with E-state index < -0.39 is 5.97 Å². The van der Waals surface area contributed by atoms with Crippen LogP contribution >= 0.6 is 23.2 Å². The van der Waals surface area contributed by atoms with E-state index in [4.69, 9.17) is 27.9 Å². The second-order valence-corrected chi connectivity index (χ2v) is 3.30. The summed E-state index contributed by atoms with van der Waals surface area (Å²) in [6, 6.07) is 2.56. The van der Waals surface area contributed by atoms with Crippen molar-refractivity contribution in [3.8, 4) is 5.75 Å². The van der Waals surface area contributed by atoms with Gasteiger partial charge < -0.3 is 9.84 Å². The number of benzene rings is 1. The number of halogens is 2. The number of hydrogen-bond donors (Lipinski definition) is 1. The average Bonchev–Trinajstić information content (AvgIpc) is 2.13. The number of ether oxygens (including phenoxy) is 1. The Bertz CT molecular complexity index is 340. The lowest BCUT2D eigenvalue weighted by atomic mass is 10.2. The first kappa shape index (κ1) is 11.1. The maximum Gasteiger partial charge on any atom is 0.338 e. The highest BCUT2D eigenvalue weighted by molar-refractivity contribution is 6.43. The first-order valence-corrected chi connectivity index (χ1v) is 4.67. The van der Waals surface area contributed by atoms with Gasteiger partial charge >= 0.3 is 5.97 Å². The van der Waals surface area contributed by atoms with E-state index in [1.54, 1.807) is 6.92 Å². The molecule has 0 bridgehead atoms. The first-order chi connectivity index (χ1) is 6.56. The smallest absolute Gasteiger partial charge is 0.338 e. The maximum atomic E-state index is 11.2. The molecule has 0 aliphatic rings. The zero-order valence-electron chi connectivity index (χ0n) is 7.38. The molecule has 1 rings (SSSR count). The third-order valence-corrected chi connectivity index (χ3v) is 2.31. The van der Waals surface area contributed by atoms with Crippen LogP contribution in [0.2, 0.25) is 10.0 Å². The Morgan fingerprint density at radius 3 is 2.64 bits per heavy atom. The average molecular weight is 235 g/mol. The van der Waals surface area contributed by atoms with Crippen molar-refractivity contribution in [3.63, 3.8) is 0 Å². The van der Waals surface area contributed by atoms with Crippen LogP contribution in [-0.2, 0) is 4.74 Å². The van der Waals surface area contributed by atoms with Crippen LogP contribution in [0.3, 0.4) is 0 Å². The molecule has 1 aromatic carbocycles. The van der Waals surface area contributed by atoms with Crippen molar-refractivity contribution in [2.75, 3.05) is 6.61 Å². The van der Waals surface area contributed by atoms with Crippen LogP contribution < -0.4 is 0 Å². The van der Waals surface area contributed by atoms with Crippen molar-refractivity contribution in [1.82, 2.24) is 0 Å². The lowest BCUT2D eigenvalue weighted by Gasteiger charge is -2.04.